The molecule has 3 rings (SSSR count). The zero-order valence-corrected chi connectivity index (χ0v) is 17.7. The van der Waals surface area contributed by atoms with Crippen molar-refractivity contribution < 1.29 is 4.90 Å². The molecule has 0 bridgehead atoms. The van der Waals surface area contributed by atoms with E-state index in [1.165, 1.54) is 21.3 Å². The normalized spacial score (nSPS) is 12.8. The van der Waals surface area contributed by atoms with Gasteiger partial charge in [0.2, 0.25) is 0 Å². The molecule has 2 heterocycles. The molecule has 0 aliphatic carbocycles. The first-order valence-corrected chi connectivity index (χ1v) is 10.7. The number of fused-ring (bicyclic) bond motifs is 1. The van der Waals surface area contributed by atoms with Crippen molar-refractivity contribution in [1.29, 1.82) is 0 Å². The number of nitrogens with zero attached hydrogens (tertiary/aromatic N) is 6. The molecule has 8 nitrogen and oxygen atoms in total. The van der Waals surface area contributed by atoms with E-state index in [0.717, 1.165) is 36.8 Å². The van der Waals surface area contributed by atoms with Gasteiger partial charge in [0, 0.05) is 13.0 Å². The molecule has 0 unspecified atom stereocenters. The third kappa shape index (κ3) is 4.25. The summed E-state index contributed by atoms with van der Waals surface area (Å²) in [5.41, 5.74) is 0.476. The van der Waals surface area contributed by atoms with E-state index in [0.29, 0.717) is 22.8 Å². The lowest BCUT2D eigenvalue weighted by molar-refractivity contribution is -0.893. The molecule has 1 atom stereocenters. The quantitative estimate of drug-likeness (QED) is 0.547. The molecule has 0 saturated heterocycles. The van der Waals surface area contributed by atoms with Crippen LogP contribution in [0.15, 0.2) is 34.2 Å². The Bertz CT molecular complexity index is 982. The highest BCUT2D eigenvalue weighted by atomic mass is 32.2. The summed E-state index contributed by atoms with van der Waals surface area (Å²) < 4.78 is 3.59. The fourth-order valence-corrected chi connectivity index (χ4v) is 4.11. The highest BCUT2D eigenvalue weighted by Gasteiger charge is 2.24. The Balaban J connectivity index is 1.87. The van der Waals surface area contributed by atoms with Crippen LogP contribution >= 0.6 is 11.8 Å². The molecule has 0 fully saturated rings. The minimum atomic E-state index is -0.137. The summed E-state index contributed by atoms with van der Waals surface area (Å²) in [6.45, 7) is 5.23. The molecule has 0 saturated carbocycles. The molecule has 28 heavy (non-hydrogen) atoms. The highest BCUT2D eigenvalue weighted by molar-refractivity contribution is 7.98. The lowest BCUT2D eigenvalue weighted by Gasteiger charge is -2.20. The molecule has 0 spiro atoms. The Morgan fingerprint density at radius 2 is 1.93 bits per heavy atom. The fourth-order valence-electron chi connectivity index (χ4n) is 3.27. The highest BCUT2D eigenvalue weighted by Crippen LogP contribution is 2.22. The van der Waals surface area contributed by atoms with Gasteiger partial charge in [0.15, 0.2) is 11.0 Å². The lowest BCUT2D eigenvalue weighted by Crippen LogP contribution is -3.06. The molecule has 0 aliphatic rings. The van der Waals surface area contributed by atoms with Gasteiger partial charge < -0.3 is 9.47 Å². The predicted octanol–water partition coefficient (Wildman–Crippen LogP) is 1.53. The van der Waals surface area contributed by atoms with Crippen LogP contribution in [-0.2, 0) is 12.4 Å². The lowest BCUT2D eigenvalue weighted by atomic mass is 10.2. The van der Waals surface area contributed by atoms with Crippen LogP contribution in [0.3, 0.4) is 0 Å². The Kier molecular flexibility index (Phi) is 6.79. The van der Waals surface area contributed by atoms with Crippen LogP contribution in [0, 0.1) is 0 Å². The molecular weight excluding hydrogens is 374 g/mol. The average Bonchev–Trinajstić information content (AvgIpc) is 3.08. The van der Waals surface area contributed by atoms with E-state index in [9.17, 15) is 4.79 Å². The van der Waals surface area contributed by atoms with Crippen molar-refractivity contribution in [2.75, 3.05) is 14.1 Å². The smallest absolute Gasteiger partial charge is 0.278 e. The van der Waals surface area contributed by atoms with Crippen molar-refractivity contribution in [3.63, 3.8) is 0 Å². The monoisotopic (exact) mass is 402 g/mol. The van der Waals surface area contributed by atoms with Crippen molar-refractivity contribution in [2.24, 2.45) is 0 Å². The van der Waals surface area contributed by atoms with Gasteiger partial charge in [0.25, 0.3) is 5.56 Å². The maximum Gasteiger partial charge on any atom is 0.278 e. The Morgan fingerprint density at radius 1 is 1.14 bits per heavy atom. The van der Waals surface area contributed by atoms with Gasteiger partial charge in [-0.25, -0.2) is 0 Å². The number of quaternary nitrogens is 1. The summed E-state index contributed by atoms with van der Waals surface area (Å²) in [5.74, 6) is 1.36. The molecule has 1 N–H and O–H groups in total. The largest absolute Gasteiger partial charge is 0.331 e. The van der Waals surface area contributed by atoms with E-state index in [1.54, 1.807) is 12.1 Å². The van der Waals surface area contributed by atoms with Gasteiger partial charge in [-0.1, -0.05) is 49.4 Å². The second-order valence-electron chi connectivity index (χ2n) is 7.07. The zero-order chi connectivity index (χ0) is 20.1. The molecule has 0 aliphatic heterocycles. The van der Waals surface area contributed by atoms with Crippen LogP contribution in [0.4, 0.5) is 0 Å². The number of hydrogen-bond donors (Lipinski definition) is 1. The summed E-state index contributed by atoms with van der Waals surface area (Å²) in [6.07, 6.45) is 3.16. The van der Waals surface area contributed by atoms with Gasteiger partial charge in [-0.05, 0) is 18.6 Å². The van der Waals surface area contributed by atoms with Crippen molar-refractivity contribution in [2.45, 2.75) is 56.7 Å². The van der Waals surface area contributed by atoms with Crippen LogP contribution in [0.5, 0.6) is 0 Å². The summed E-state index contributed by atoms with van der Waals surface area (Å²) in [4.78, 5) is 14.0. The van der Waals surface area contributed by atoms with Crippen LogP contribution in [0.2, 0.25) is 0 Å². The van der Waals surface area contributed by atoms with Gasteiger partial charge in [-0.2, -0.15) is 4.68 Å². The second kappa shape index (κ2) is 9.29. The molecule has 9 heteroatoms. The van der Waals surface area contributed by atoms with Gasteiger partial charge >= 0.3 is 0 Å². The average molecular weight is 403 g/mol. The minimum Gasteiger partial charge on any atom is -0.331 e. The summed E-state index contributed by atoms with van der Waals surface area (Å²) in [7, 11) is 4.29. The van der Waals surface area contributed by atoms with Crippen LogP contribution in [0.1, 0.15) is 45.0 Å². The topological polar surface area (TPSA) is 82.9 Å². The third-order valence-corrected chi connectivity index (χ3v) is 5.78. The van der Waals surface area contributed by atoms with Crippen molar-refractivity contribution in [1.82, 2.24) is 29.8 Å². The van der Waals surface area contributed by atoms with E-state index in [1.807, 2.05) is 12.1 Å². The Labute approximate surface area is 168 Å². The number of rotatable bonds is 9. The number of unbranched alkanes of at least 4 members (excludes halogenated alkanes) is 1. The predicted molar refractivity (Wildman–Crippen MR) is 110 cm³/mol. The minimum absolute atomic E-state index is 0.137. The molecule has 0 radical (unpaired) electrons. The second-order valence-corrected chi connectivity index (χ2v) is 7.98. The number of thioether (sulfide) groups is 1. The summed E-state index contributed by atoms with van der Waals surface area (Å²) in [6, 6.07) is 7.56. The molecule has 1 aromatic carbocycles. The van der Waals surface area contributed by atoms with Gasteiger partial charge in [0.1, 0.15) is 11.6 Å². The standard InChI is InChI=1S/C19H27N7OS/c1-5-7-12-25-17(16(6-2)24(3)4)21-22-19(25)28-13-26-18(27)14-10-8-9-11-15(14)20-23-26/h8-11,16H,5-7,12-13H2,1-4H3/p+1/t16-/m1/s1. The zero-order valence-electron chi connectivity index (χ0n) is 16.9. The van der Waals surface area contributed by atoms with E-state index in [4.69, 9.17) is 0 Å². The molecule has 0 amide bonds. The number of aromatic nitrogens is 6. The maximum absolute atomic E-state index is 12.7. The van der Waals surface area contributed by atoms with E-state index in [-0.39, 0.29) is 5.56 Å². The van der Waals surface area contributed by atoms with Gasteiger partial charge in [-0.3, -0.25) is 4.79 Å². The summed E-state index contributed by atoms with van der Waals surface area (Å²) >= 11 is 1.47. The van der Waals surface area contributed by atoms with Crippen LogP contribution in [0.25, 0.3) is 10.9 Å². The Hall–Kier alpha value is -2.26. The van der Waals surface area contributed by atoms with Crippen molar-refractivity contribution >= 4 is 22.7 Å². The Morgan fingerprint density at radius 3 is 2.64 bits per heavy atom. The number of nitrogens with one attached hydrogen (secondary N) is 1. The maximum atomic E-state index is 12.7. The first-order valence-electron chi connectivity index (χ1n) is 9.75. The molecule has 150 valence electrons. The molecule has 2 aromatic heterocycles. The number of benzene rings is 1. The molecular formula is C19H28N7OS+. The van der Waals surface area contributed by atoms with E-state index >= 15 is 0 Å². The van der Waals surface area contributed by atoms with Crippen molar-refractivity contribution in [3.8, 4) is 0 Å². The molecule has 3 aromatic rings. The summed E-state index contributed by atoms with van der Waals surface area (Å²) in [5, 5.41) is 18.5. The van der Waals surface area contributed by atoms with Gasteiger partial charge in [0.05, 0.1) is 25.4 Å². The van der Waals surface area contributed by atoms with Crippen LogP contribution in [-0.4, -0.2) is 43.9 Å². The third-order valence-electron chi connectivity index (χ3n) is 4.84. The van der Waals surface area contributed by atoms with Crippen molar-refractivity contribution in [3.05, 3.63) is 40.4 Å². The fraction of sp³-hybridized carbons (Fsp3) is 0.526. The van der Waals surface area contributed by atoms with Gasteiger partial charge in [-0.15, -0.1) is 15.3 Å². The van der Waals surface area contributed by atoms with E-state index < -0.39 is 0 Å². The SMILES string of the molecule is CCCCn1c(SCn2nnc3ccccc3c2=O)nnc1[C@@H](CC)[NH+](C)C. The number of hydrogen-bond acceptors (Lipinski definition) is 6. The van der Waals surface area contributed by atoms with Crippen LogP contribution < -0.4 is 10.5 Å². The first kappa shape index (κ1) is 20.5. The first-order chi connectivity index (χ1) is 13.6. The van der Waals surface area contributed by atoms with E-state index in [2.05, 4.69) is 53.0 Å².